The molecule has 0 aliphatic heterocycles. The lowest BCUT2D eigenvalue weighted by Crippen LogP contribution is -2.48. The van der Waals surface area contributed by atoms with E-state index in [1.54, 1.807) is 0 Å². The van der Waals surface area contributed by atoms with E-state index in [2.05, 4.69) is 19.2 Å². The third kappa shape index (κ3) is 2.80. The van der Waals surface area contributed by atoms with Crippen molar-refractivity contribution >= 4 is 0 Å². The largest absolute Gasteiger partial charge is 0.325 e. The van der Waals surface area contributed by atoms with Crippen molar-refractivity contribution in [3.05, 3.63) is 0 Å². The maximum Gasteiger partial charge on any atom is 0.0166 e. The van der Waals surface area contributed by atoms with Gasteiger partial charge in [0.15, 0.2) is 0 Å². The first-order valence-corrected chi connectivity index (χ1v) is 4.65. The van der Waals surface area contributed by atoms with E-state index in [1.165, 1.54) is 19.3 Å². The number of rotatable bonds is 4. The molecule has 0 aromatic rings. The van der Waals surface area contributed by atoms with Crippen LogP contribution in [0.15, 0.2) is 0 Å². The lowest BCUT2D eigenvalue weighted by Gasteiger charge is -2.38. The van der Waals surface area contributed by atoms with Gasteiger partial charge in [-0.25, -0.2) is 0 Å². The Bertz CT molecular complexity index is 117. The molecule has 1 saturated carbocycles. The van der Waals surface area contributed by atoms with Crippen molar-refractivity contribution in [2.45, 2.75) is 51.1 Å². The average Bonchev–Trinajstić information content (AvgIpc) is 1.83. The van der Waals surface area contributed by atoms with Crippen molar-refractivity contribution in [1.29, 1.82) is 0 Å². The second-order valence-corrected chi connectivity index (χ2v) is 4.07. The van der Waals surface area contributed by atoms with E-state index < -0.39 is 0 Å². The molecular formula is C9H20N2. The van der Waals surface area contributed by atoms with Gasteiger partial charge in [-0.15, -0.1) is 0 Å². The molecule has 1 aliphatic carbocycles. The van der Waals surface area contributed by atoms with Gasteiger partial charge in [0.05, 0.1) is 0 Å². The molecule has 0 atom stereocenters. The van der Waals surface area contributed by atoms with Crippen molar-refractivity contribution in [2.24, 2.45) is 5.73 Å². The predicted molar refractivity (Wildman–Crippen MR) is 48.5 cm³/mol. The summed E-state index contributed by atoms with van der Waals surface area (Å²) in [5.74, 6) is 0. The van der Waals surface area contributed by atoms with Crippen LogP contribution in [0.25, 0.3) is 0 Å². The first kappa shape index (κ1) is 9.01. The molecule has 1 rings (SSSR count). The van der Waals surface area contributed by atoms with Crippen LogP contribution in [-0.2, 0) is 0 Å². The van der Waals surface area contributed by atoms with E-state index >= 15 is 0 Å². The van der Waals surface area contributed by atoms with Gasteiger partial charge < -0.3 is 11.1 Å². The molecule has 0 radical (unpaired) electrons. The fraction of sp³-hybridized carbons (Fsp3) is 1.00. The van der Waals surface area contributed by atoms with Gasteiger partial charge in [0, 0.05) is 11.6 Å². The summed E-state index contributed by atoms with van der Waals surface area (Å²) in [6.07, 6.45) is 4.93. The van der Waals surface area contributed by atoms with Crippen LogP contribution >= 0.6 is 0 Å². The lowest BCUT2D eigenvalue weighted by atomic mass is 9.75. The zero-order valence-electron chi connectivity index (χ0n) is 7.69. The highest BCUT2D eigenvalue weighted by atomic mass is 14.9. The van der Waals surface area contributed by atoms with E-state index in [9.17, 15) is 0 Å². The SMILES string of the molecule is CC(C)NCCC1(N)CCC1. The summed E-state index contributed by atoms with van der Waals surface area (Å²) in [5, 5.41) is 3.39. The van der Waals surface area contributed by atoms with Crippen molar-refractivity contribution in [3.63, 3.8) is 0 Å². The summed E-state index contributed by atoms with van der Waals surface area (Å²) < 4.78 is 0. The van der Waals surface area contributed by atoms with Crippen LogP contribution in [-0.4, -0.2) is 18.1 Å². The molecule has 0 spiro atoms. The fourth-order valence-corrected chi connectivity index (χ4v) is 1.49. The summed E-state index contributed by atoms with van der Waals surface area (Å²) in [5.41, 5.74) is 6.25. The topological polar surface area (TPSA) is 38.0 Å². The van der Waals surface area contributed by atoms with Crippen LogP contribution in [0.1, 0.15) is 39.5 Å². The minimum absolute atomic E-state index is 0.196. The van der Waals surface area contributed by atoms with E-state index in [1.807, 2.05) is 0 Å². The van der Waals surface area contributed by atoms with Crippen LogP contribution in [0, 0.1) is 0 Å². The predicted octanol–water partition coefficient (Wildman–Crippen LogP) is 1.26. The third-order valence-corrected chi connectivity index (χ3v) is 2.52. The third-order valence-electron chi connectivity index (χ3n) is 2.52. The van der Waals surface area contributed by atoms with Gasteiger partial charge in [-0.2, -0.15) is 0 Å². The highest BCUT2D eigenvalue weighted by molar-refractivity contribution is 4.92. The first-order valence-electron chi connectivity index (χ1n) is 4.65. The Balaban J connectivity index is 2.02. The van der Waals surface area contributed by atoms with Crippen LogP contribution in [0.3, 0.4) is 0 Å². The Morgan fingerprint density at radius 2 is 2.09 bits per heavy atom. The summed E-state index contributed by atoms with van der Waals surface area (Å²) in [6, 6.07) is 0.596. The van der Waals surface area contributed by atoms with Crippen LogP contribution in [0.2, 0.25) is 0 Å². The average molecular weight is 156 g/mol. The normalized spacial score (nSPS) is 21.8. The molecule has 0 amide bonds. The first-order chi connectivity index (χ1) is 5.12. The zero-order chi connectivity index (χ0) is 8.32. The molecule has 1 fully saturated rings. The molecule has 1 aliphatic rings. The molecule has 2 heteroatoms. The molecule has 3 N–H and O–H groups in total. The molecule has 0 unspecified atom stereocenters. The molecule has 0 heterocycles. The summed E-state index contributed by atoms with van der Waals surface area (Å²) in [7, 11) is 0. The Morgan fingerprint density at radius 1 is 1.45 bits per heavy atom. The molecule has 0 aromatic heterocycles. The highest BCUT2D eigenvalue weighted by Crippen LogP contribution is 2.31. The second kappa shape index (κ2) is 3.55. The zero-order valence-corrected chi connectivity index (χ0v) is 7.69. The molecule has 11 heavy (non-hydrogen) atoms. The van der Waals surface area contributed by atoms with Crippen molar-refractivity contribution in [3.8, 4) is 0 Å². The fourth-order valence-electron chi connectivity index (χ4n) is 1.49. The van der Waals surface area contributed by atoms with Gasteiger partial charge in [-0.3, -0.25) is 0 Å². The molecule has 0 saturated heterocycles. The van der Waals surface area contributed by atoms with E-state index in [4.69, 9.17) is 5.73 Å². The van der Waals surface area contributed by atoms with Gasteiger partial charge in [0.1, 0.15) is 0 Å². The van der Waals surface area contributed by atoms with Gasteiger partial charge in [-0.1, -0.05) is 13.8 Å². The van der Waals surface area contributed by atoms with Gasteiger partial charge in [0.2, 0.25) is 0 Å². The molecule has 0 bridgehead atoms. The van der Waals surface area contributed by atoms with Gasteiger partial charge in [-0.05, 0) is 32.2 Å². The van der Waals surface area contributed by atoms with E-state index in [0.29, 0.717) is 6.04 Å². The van der Waals surface area contributed by atoms with Gasteiger partial charge >= 0.3 is 0 Å². The minimum Gasteiger partial charge on any atom is -0.325 e. The van der Waals surface area contributed by atoms with Crippen LogP contribution in [0.4, 0.5) is 0 Å². The van der Waals surface area contributed by atoms with E-state index in [-0.39, 0.29) is 5.54 Å². The van der Waals surface area contributed by atoms with Crippen molar-refractivity contribution in [1.82, 2.24) is 5.32 Å². The monoisotopic (exact) mass is 156 g/mol. The standard InChI is InChI=1S/C9H20N2/c1-8(2)11-7-6-9(10)4-3-5-9/h8,11H,3-7,10H2,1-2H3. The lowest BCUT2D eigenvalue weighted by molar-refractivity contribution is 0.228. The number of hydrogen-bond acceptors (Lipinski definition) is 2. The number of nitrogens with two attached hydrogens (primary N) is 1. The van der Waals surface area contributed by atoms with Crippen molar-refractivity contribution < 1.29 is 0 Å². The molecule has 0 aromatic carbocycles. The van der Waals surface area contributed by atoms with Crippen LogP contribution in [0.5, 0.6) is 0 Å². The Kier molecular flexibility index (Phi) is 2.90. The second-order valence-electron chi connectivity index (χ2n) is 4.07. The quantitative estimate of drug-likeness (QED) is 0.643. The Hall–Kier alpha value is -0.0800. The number of hydrogen-bond donors (Lipinski definition) is 2. The van der Waals surface area contributed by atoms with Crippen molar-refractivity contribution in [2.75, 3.05) is 6.54 Å². The summed E-state index contributed by atoms with van der Waals surface area (Å²) in [6.45, 7) is 5.42. The molecule has 66 valence electrons. The number of nitrogens with one attached hydrogen (secondary N) is 1. The molecular weight excluding hydrogens is 136 g/mol. The smallest absolute Gasteiger partial charge is 0.0166 e. The Morgan fingerprint density at radius 3 is 2.45 bits per heavy atom. The minimum atomic E-state index is 0.196. The summed E-state index contributed by atoms with van der Waals surface area (Å²) >= 11 is 0. The molecule has 2 nitrogen and oxygen atoms in total. The summed E-state index contributed by atoms with van der Waals surface area (Å²) in [4.78, 5) is 0. The van der Waals surface area contributed by atoms with Crippen LogP contribution < -0.4 is 11.1 Å². The highest BCUT2D eigenvalue weighted by Gasteiger charge is 2.31. The van der Waals surface area contributed by atoms with Gasteiger partial charge in [0.25, 0.3) is 0 Å². The Labute approximate surface area is 69.5 Å². The maximum atomic E-state index is 6.05. The van der Waals surface area contributed by atoms with E-state index in [0.717, 1.165) is 13.0 Å². The maximum absolute atomic E-state index is 6.05.